The van der Waals surface area contributed by atoms with E-state index in [1.54, 1.807) is 0 Å². The molecule has 0 spiro atoms. The number of guanidine groups is 1. The summed E-state index contributed by atoms with van der Waals surface area (Å²) < 4.78 is 0. The Bertz CT molecular complexity index is 487. The second kappa shape index (κ2) is 4.08. The molecule has 0 saturated carbocycles. The molecule has 1 aromatic rings. The van der Waals surface area contributed by atoms with Gasteiger partial charge in [0.2, 0.25) is 5.96 Å². The Balaban J connectivity index is 2.09. The predicted octanol–water partition coefficient (Wildman–Crippen LogP) is 2.65. The molecule has 4 heteroatoms. The van der Waals surface area contributed by atoms with Gasteiger partial charge >= 0.3 is 0 Å². The molecule has 0 N–H and O–H groups in total. The topological polar surface area (TPSA) is 18.8 Å². The Morgan fingerprint density at radius 1 is 1.35 bits per heavy atom. The summed E-state index contributed by atoms with van der Waals surface area (Å²) in [7, 11) is 0. The maximum atomic E-state index is 6.30. The first-order valence-corrected chi connectivity index (χ1v) is 6.15. The van der Waals surface area contributed by atoms with Crippen molar-refractivity contribution >= 4 is 23.2 Å². The van der Waals surface area contributed by atoms with Gasteiger partial charge in [-0.05, 0) is 24.6 Å². The second-order valence-electron chi connectivity index (χ2n) is 4.29. The summed E-state index contributed by atoms with van der Waals surface area (Å²) in [5.74, 6) is 1.02. The summed E-state index contributed by atoms with van der Waals surface area (Å²) in [6.07, 6.45) is 4.21. The maximum absolute atomic E-state index is 6.30. The van der Waals surface area contributed by atoms with Gasteiger partial charge < -0.3 is 4.90 Å². The number of para-hydroxylation sites is 1. The minimum atomic E-state index is 0.770. The van der Waals surface area contributed by atoms with Crippen LogP contribution in [-0.2, 0) is 0 Å². The van der Waals surface area contributed by atoms with Crippen LogP contribution in [0.1, 0.15) is 5.56 Å². The Morgan fingerprint density at radius 2 is 2.24 bits per heavy atom. The van der Waals surface area contributed by atoms with E-state index in [4.69, 9.17) is 11.6 Å². The van der Waals surface area contributed by atoms with E-state index >= 15 is 0 Å². The van der Waals surface area contributed by atoms with Gasteiger partial charge in [-0.25, -0.2) is 0 Å². The molecule has 0 saturated heterocycles. The van der Waals surface area contributed by atoms with Gasteiger partial charge in [-0.15, -0.1) is 0 Å². The third-order valence-electron chi connectivity index (χ3n) is 3.13. The smallest absolute Gasteiger partial charge is 0.205 e. The van der Waals surface area contributed by atoms with Crippen LogP contribution in [0.2, 0.25) is 5.02 Å². The van der Waals surface area contributed by atoms with Gasteiger partial charge in [0.25, 0.3) is 0 Å². The molecular weight excluding hydrogens is 234 g/mol. The number of aliphatic imine (C=N–C) groups is 1. The van der Waals surface area contributed by atoms with E-state index in [-0.39, 0.29) is 0 Å². The number of halogens is 1. The van der Waals surface area contributed by atoms with Crippen LogP contribution in [0.15, 0.2) is 35.5 Å². The SMILES string of the molecule is Cc1cccc(Cl)c1N1C=CCN2CCN=C21. The van der Waals surface area contributed by atoms with Crippen LogP contribution in [0.25, 0.3) is 0 Å². The highest BCUT2D eigenvalue weighted by molar-refractivity contribution is 6.34. The largest absolute Gasteiger partial charge is 0.337 e. The number of hydrogen-bond donors (Lipinski definition) is 0. The first-order chi connectivity index (χ1) is 8.27. The first kappa shape index (κ1) is 10.7. The standard InChI is InChI=1S/C13H14ClN3/c1-10-4-2-5-11(14)12(10)17-8-3-7-16-9-6-15-13(16)17/h2-5,8H,6-7,9H2,1H3. The first-order valence-electron chi connectivity index (χ1n) is 5.78. The number of benzene rings is 1. The summed E-state index contributed by atoms with van der Waals surface area (Å²) in [6.45, 7) is 4.89. The van der Waals surface area contributed by atoms with Crippen LogP contribution in [0.4, 0.5) is 5.69 Å². The van der Waals surface area contributed by atoms with E-state index in [2.05, 4.69) is 40.1 Å². The van der Waals surface area contributed by atoms with Crippen molar-refractivity contribution in [3.05, 3.63) is 41.1 Å². The van der Waals surface area contributed by atoms with Crippen molar-refractivity contribution in [3.8, 4) is 0 Å². The van der Waals surface area contributed by atoms with Crippen molar-refractivity contribution in [2.45, 2.75) is 6.92 Å². The summed E-state index contributed by atoms with van der Waals surface area (Å²) >= 11 is 6.30. The zero-order chi connectivity index (χ0) is 11.8. The second-order valence-corrected chi connectivity index (χ2v) is 4.70. The average molecular weight is 248 g/mol. The van der Waals surface area contributed by atoms with Crippen LogP contribution >= 0.6 is 11.6 Å². The molecule has 2 aliphatic rings. The molecule has 0 aromatic heterocycles. The number of fused-ring (bicyclic) bond motifs is 1. The quantitative estimate of drug-likeness (QED) is 0.760. The average Bonchev–Trinajstić information content (AvgIpc) is 2.77. The number of aryl methyl sites for hydroxylation is 1. The van der Waals surface area contributed by atoms with Gasteiger partial charge in [-0.3, -0.25) is 9.89 Å². The van der Waals surface area contributed by atoms with Crippen LogP contribution in [0, 0.1) is 6.92 Å². The minimum Gasteiger partial charge on any atom is -0.337 e. The fraction of sp³-hybridized carbons (Fsp3) is 0.308. The molecule has 0 unspecified atom stereocenters. The highest BCUT2D eigenvalue weighted by Gasteiger charge is 2.26. The van der Waals surface area contributed by atoms with Gasteiger partial charge in [0.15, 0.2) is 0 Å². The Hall–Kier alpha value is -1.48. The van der Waals surface area contributed by atoms with E-state index < -0.39 is 0 Å². The Kier molecular flexibility index (Phi) is 2.56. The molecular formula is C13H14ClN3. The number of nitrogens with zero attached hydrogens (tertiary/aromatic N) is 3. The third kappa shape index (κ3) is 1.71. The van der Waals surface area contributed by atoms with Gasteiger partial charge in [0.1, 0.15) is 0 Å². The van der Waals surface area contributed by atoms with E-state index in [1.165, 1.54) is 5.56 Å². The van der Waals surface area contributed by atoms with Crippen molar-refractivity contribution in [2.24, 2.45) is 4.99 Å². The van der Waals surface area contributed by atoms with Crippen molar-refractivity contribution in [3.63, 3.8) is 0 Å². The molecule has 0 amide bonds. The van der Waals surface area contributed by atoms with E-state index in [0.29, 0.717) is 0 Å². The Morgan fingerprint density at radius 3 is 3.06 bits per heavy atom. The monoisotopic (exact) mass is 247 g/mol. The molecule has 3 rings (SSSR count). The fourth-order valence-corrected chi connectivity index (χ4v) is 2.63. The number of rotatable bonds is 1. The summed E-state index contributed by atoms with van der Waals surface area (Å²) in [5, 5.41) is 0.770. The molecule has 0 radical (unpaired) electrons. The van der Waals surface area contributed by atoms with E-state index in [0.717, 1.165) is 36.3 Å². The van der Waals surface area contributed by atoms with Gasteiger partial charge in [-0.1, -0.05) is 23.7 Å². The molecule has 0 aliphatic carbocycles. The molecule has 2 heterocycles. The van der Waals surface area contributed by atoms with E-state index in [9.17, 15) is 0 Å². The van der Waals surface area contributed by atoms with E-state index in [1.807, 2.05) is 12.1 Å². The van der Waals surface area contributed by atoms with Gasteiger partial charge in [0.05, 0.1) is 17.3 Å². The van der Waals surface area contributed by atoms with Crippen LogP contribution in [-0.4, -0.2) is 30.5 Å². The lowest BCUT2D eigenvalue weighted by Gasteiger charge is -2.32. The molecule has 0 atom stereocenters. The highest BCUT2D eigenvalue weighted by Crippen LogP contribution is 2.32. The van der Waals surface area contributed by atoms with Gasteiger partial charge in [-0.2, -0.15) is 0 Å². The number of hydrogen-bond acceptors (Lipinski definition) is 3. The zero-order valence-electron chi connectivity index (χ0n) is 9.73. The maximum Gasteiger partial charge on any atom is 0.205 e. The minimum absolute atomic E-state index is 0.770. The zero-order valence-corrected chi connectivity index (χ0v) is 10.5. The summed E-state index contributed by atoms with van der Waals surface area (Å²) in [5.41, 5.74) is 2.20. The molecule has 0 fully saturated rings. The molecule has 17 heavy (non-hydrogen) atoms. The highest BCUT2D eigenvalue weighted by atomic mass is 35.5. The summed E-state index contributed by atoms with van der Waals surface area (Å²) in [6, 6.07) is 5.97. The molecule has 3 nitrogen and oxygen atoms in total. The van der Waals surface area contributed by atoms with Gasteiger partial charge in [0, 0.05) is 19.3 Å². The third-order valence-corrected chi connectivity index (χ3v) is 3.44. The van der Waals surface area contributed by atoms with Crippen LogP contribution in [0.3, 0.4) is 0 Å². The van der Waals surface area contributed by atoms with Crippen molar-refractivity contribution < 1.29 is 0 Å². The van der Waals surface area contributed by atoms with Crippen LogP contribution in [0.5, 0.6) is 0 Å². The lowest BCUT2D eigenvalue weighted by atomic mass is 10.2. The normalized spacial score (nSPS) is 18.4. The fourth-order valence-electron chi connectivity index (χ4n) is 2.32. The molecule has 2 aliphatic heterocycles. The summed E-state index contributed by atoms with van der Waals surface area (Å²) in [4.78, 5) is 8.91. The Labute approximate surface area is 106 Å². The van der Waals surface area contributed by atoms with Crippen molar-refractivity contribution in [1.29, 1.82) is 0 Å². The molecule has 88 valence electrons. The lowest BCUT2D eigenvalue weighted by molar-refractivity contribution is 0.493. The van der Waals surface area contributed by atoms with Crippen molar-refractivity contribution in [1.82, 2.24) is 4.90 Å². The van der Waals surface area contributed by atoms with Crippen molar-refractivity contribution in [2.75, 3.05) is 24.5 Å². The number of anilines is 1. The predicted molar refractivity (Wildman–Crippen MR) is 71.7 cm³/mol. The van der Waals surface area contributed by atoms with Crippen LogP contribution < -0.4 is 4.90 Å². The molecule has 1 aromatic carbocycles. The lowest BCUT2D eigenvalue weighted by Crippen LogP contribution is -2.42. The molecule has 0 bridgehead atoms.